The molecule has 1 aromatic heterocycles. The molecule has 1 aliphatic heterocycles. The van der Waals surface area contributed by atoms with E-state index in [2.05, 4.69) is 34.6 Å². The number of aryl methyl sites for hydroxylation is 1. The largest absolute Gasteiger partial charge is 0.361 e. The minimum atomic E-state index is -1.06. The molecule has 2 heterocycles. The highest BCUT2D eigenvalue weighted by Gasteiger charge is 2.42. The van der Waals surface area contributed by atoms with Crippen LogP contribution in [0.25, 0.3) is 10.9 Å². The van der Waals surface area contributed by atoms with Crippen molar-refractivity contribution in [3.05, 3.63) is 71.4 Å². The van der Waals surface area contributed by atoms with Crippen LogP contribution in [-0.2, 0) is 27.8 Å². The summed E-state index contributed by atoms with van der Waals surface area (Å²) in [4.78, 5) is 31.7. The first kappa shape index (κ1) is 25.3. The summed E-state index contributed by atoms with van der Waals surface area (Å²) in [5.74, 6) is -0.340. The predicted molar refractivity (Wildman–Crippen MR) is 142 cm³/mol. The van der Waals surface area contributed by atoms with E-state index >= 15 is 0 Å². The molecule has 0 bridgehead atoms. The van der Waals surface area contributed by atoms with Crippen molar-refractivity contribution < 1.29 is 9.59 Å². The fourth-order valence-corrected chi connectivity index (χ4v) is 5.72. The van der Waals surface area contributed by atoms with Gasteiger partial charge in [-0.1, -0.05) is 42.5 Å². The zero-order valence-corrected chi connectivity index (χ0v) is 21.3. The Bertz CT molecular complexity index is 1220. The molecule has 5 rings (SSSR count). The molecule has 186 valence electrons. The summed E-state index contributed by atoms with van der Waals surface area (Å²) >= 11 is 0. The number of amides is 2. The molecule has 0 saturated carbocycles. The molecule has 1 spiro atoms. The van der Waals surface area contributed by atoms with Gasteiger partial charge in [0.1, 0.15) is 6.04 Å². The number of hydrogen-bond donors (Lipinski definition) is 3. The van der Waals surface area contributed by atoms with Crippen molar-refractivity contribution in [2.75, 3.05) is 13.1 Å². The Hall–Kier alpha value is -2.83. The van der Waals surface area contributed by atoms with Crippen LogP contribution in [0.5, 0.6) is 0 Å². The first-order valence-corrected chi connectivity index (χ1v) is 12.3. The maximum atomic E-state index is 13.7. The van der Waals surface area contributed by atoms with Crippen molar-refractivity contribution in [2.45, 2.75) is 62.9 Å². The lowest BCUT2D eigenvalue weighted by atomic mass is 9.73. The summed E-state index contributed by atoms with van der Waals surface area (Å²) in [6, 6.07) is 16.1. The van der Waals surface area contributed by atoms with Gasteiger partial charge in [-0.25, -0.2) is 0 Å². The molecule has 2 aliphatic rings. The summed E-state index contributed by atoms with van der Waals surface area (Å²) in [7, 11) is 0. The topological polar surface area (TPSA) is 91.2 Å². The number of benzene rings is 2. The predicted octanol–water partition coefficient (Wildman–Crippen LogP) is 3.86. The van der Waals surface area contributed by atoms with Crippen molar-refractivity contribution in [3.63, 3.8) is 0 Å². The molecule has 4 N–H and O–H groups in total. The van der Waals surface area contributed by atoms with Gasteiger partial charge in [0.05, 0.1) is 5.54 Å². The van der Waals surface area contributed by atoms with E-state index in [1.807, 2.05) is 35.4 Å². The van der Waals surface area contributed by atoms with Crippen molar-refractivity contribution in [3.8, 4) is 0 Å². The van der Waals surface area contributed by atoms with E-state index in [-0.39, 0.29) is 29.6 Å². The molecule has 2 amide bonds. The minimum Gasteiger partial charge on any atom is -0.361 e. The van der Waals surface area contributed by atoms with E-state index in [4.69, 9.17) is 5.73 Å². The number of nitrogens with two attached hydrogens (primary N) is 1. The molecule has 2 aromatic carbocycles. The Balaban J connectivity index is 0.00000289. The van der Waals surface area contributed by atoms with Gasteiger partial charge in [-0.2, -0.15) is 0 Å². The fourth-order valence-electron chi connectivity index (χ4n) is 5.72. The third-order valence-electron chi connectivity index (χ3n) is 7.78. The Morgan fingerprint density at radius 3 is 2.51 bits per heavy atom. The molecular weight excluding hydrogens is 460 g/mol. The smallest absolute Gasteiger partial charge is 0.245 e. The highest BCUT2D eigenvalue weighted by atomic mass is 35.5. The van der Waals surface area contributed by atoms with E-state index in [9.17, 15) is 9.59 Å². The number of para-hydroxylation sites is 1. The maximum Gasteiger partial charge on any atom is 0.245 e. The lowest BCUT2D eigenvalue weighted by molar-refractivity contribution is -0.138. The van der Waals surface area contributed by atoms with Crippen LogP contribution >= 0.6 is 12.4 Å². The Kier molecular flexibility index (Phi) is 6.98. The zero-order chi connectivity index (χ0) is 23.9. The van der Waals surface area contributed by atoms with Crippen molar-refractivity contribution in [1.29, 1.82) is 0 Å². The summed E-state index contributed by atoms with van der Waals surface area (Å²) in [5.41, 5.74) is 10.1. The number of likely N-dealkylation sites (tertiary alicyclic amines) is 1. The van der Waals surface area contributed by atoms with Crippen LogP contribution in [0.1, 0.15) is 49.8 Å². The van der Waals surface area contributed by atoms with E-state index in [1.54, 1.807) is 13.8 Å². The van der Waals surface area contributed by atoms with Gasteiger partial charge in [0.25, 0.3) is 0 Å². The number of fused-ring (bicyclic) bond motifs is 3. The number of aromatic amines is 1. The second kappa shape index (κ2) is 9.67. The monoisotopic (exact) mass is 494 g/mol. The number of aromatic nitrogens is 1. The third kappa shape index (κ3) is 4.82. The second-order valence-corrected chi connectivity index (χ2v) is 10.6. The molecule has 1 saturated heterocycles. The van der Waals surface area contributed by atoms with Gasteiger partial charge in [0, 0.05) is 36.6 Å². The number of hydrogen-bond acceptors (Lipinski definition) is 3. The first-order chi connectivity index (χ1) is 16.3. The highest BCUT2D eigenvalue weighted by Crippen LogP contribution is 2.46. The van der Waals surface area contributed by atoms with Crippen LogP contribution < -0.4 is 11.1 Å². The molecule has 3 aromatic rings. The molecule has 1 aliphatic carbocycles. The number of nitrogens with one attached hydrogen (secondary N) is 2. The molecule has 6 nitrogen and oxygen atoms in total. The van der Waals surface area contributed by atoms with Crippen molar-refractivity contribution in [1.82, 2.24) is 15.2 Å². The average Bonchev–Trinajstić information content (AvgIpc) is 3.40. The zero-order valence-electron chi connectivity index (χ0n) is 20.5. The van der Waals surface area contributed by atoms with E-state index in [1.165, 1.54) is 11.1 Å². The van der Waals surface area contributed by atoms with Crippen molar-refractivity contribution >= 4 is 35.1 Å². The van der Waals surface area contributed by atoms with Crippen LogP contribution in [0, 0.1) is 0 Å². The van der Waals surface area contributed by atoms with Gasteiger partial charge in [-0.05, 0) is 67.7 Å². The number of nitrogens with zero attached hydrogens (tertiary/aromatic N) is 1. The summed E-state index contributed by atoms with van der Waals surface area (Å²) in [6.45, 7) is 4.74. The fraction of sp³-hybridized carbons (Fsp3) is 0.429. The van der Waals surface area contributed by atoms with Crippen LogP contribution in [0.3, 0.4) is 0 Å². The number of rotatable bonds is 5. The van der Waals surface area contributed by atoms with Gasteiger partial charge >= 0.3 is 0 Å². The van der Waals surface area contributed by atoms with Gasteiger partial charge in [0.2, 0.25) is 11.8 Å². The minimum absolute atomic E-state index is 0. The number of piperidine rings is 1. The average molecular weight is 495 g/mol. The molecular formula is C28H35ClN4O2. The Morgan fingerprint density at radius 1 is 1.09 bits per heavy atom. The summed E-state index contributed by atoms with van der Waals surface area (Å²) in [5, 5.41) is 4.04. The van der Waals surface area contributed by atoms with E-state index in [0.717, 1.165) is 42.1 Å². The van der Waals surface area contributed by atoms with Crippen LogP contribution in [0.4, 0.5) is 0 Å². The molecule has 1 unspecified atom stereocenters. The Labute approximate surface area is 213 Å². The van der Waals surface area contributed by atoms with Crippen molar-refractivity contribution in [2.24, 2.45) is 5.73 Å². The second-order valence-electron chi connectivity index (χ2n) is 10.6. The van der Waals surface area contributed by atoms with Gasteiger partial charge < -0.3 is 20.9 Å². The van der Waals surface area contributed by atoms with Crippen LogP contribution in [0.2, 0.25) is 0 Å². The van der Waals surface area contributed by atoms with E-state index < -0.39 is 11.6 Å². The van der Waals surface area contributed by atoms with Crippen LogP contribution in [-0.4, -0.2) is 46.4 Å². The summed E-state index contributed by atoms with van der Waals surface area (Å²) in [6.07, 6.45) is 6.57. The molecule has 1 atom stereocenters. The van der Waals surface area contributed by atoms with Gasteiger partial charge in [-0.15, -0.1) is 12.4 Å². The third-order valence-corrected chi connectivity index (χ3v) is 7.78. The standard InChI is InChI=1S/C28H34N4O2.ClH/c1-27(2,29)26(34)31-24(17-20-18-30-23-10-6-4-8-21(20)23)25(33)32-15-13-28(14-16-32)12-11-19-7-3-5-9-22(19)28;/h3-10,18,24,30H,11-17,29H2,1-2H3,(H,31,34);1H. The molecule has 35 heavy (non-hydrogen) atoms. The summed E-state index contributed by atoms with van der Waals surface area (Å²) < 4.78 is 0. The Morgan fingerprint density at radius 2 is 1.77 bits per heavy atom. The number of carbonyl (C=O) groups excluding carboxylic acids is 2. The highest BCUT2D eigenvalue weighted by molar-refractivity contribution is 5.92. The van der Waals surface area contributed by atoms with Crippen LogP contribution in [0.15, 0.2) is 54.7 Å². The lowest BCUT2D eigenvalue weighted by Gasteiger charge is -2.41. The molecule has 0 radical (unpaired) electrons. The first-order valence-electron chi connectivity index (χ1n) is 12.3. The number of halogens is 1. The van der Waals surface area contributed by atoms with Gasteiger partial charge in [0.15, 0.2) is 0 Å². The SMILES string of the molecule is CC(C)(N)C(=O)NC(Cc1c[nH]c2ccccc12)C(=O)N1CCC2(CCc3ccccc32)CC1.Cl. The normalized spacial score (nSPS) is 17.6. The quantitative estimate of drug-likeness (QED) is 0.503. The molecule has 7 heteroatoms. The molecule has 1 fully saturated rings. The van der Waals surface area contributed by atoms with Gasteiger partial charge in [-0.3, -0.25) is 9.59 Å². The number of H-pyrrole nitrogens is 1. The maximum absolute atomic E-state index is 13.7. The van der Waals surface area contributed by atoms with E-state index in [0.29, 0.717) is 19.5 Å². The number of carbonyl (C=O) groups is 2. The lowest BCUT2D eigenvalue weighted by Crippen LogP contribution is -2.58.